The van der Waals surface area contributed by atoms with E-state index in [0.717, 1.165) is 12.1 Å². The Morgan fingerprint density at radius 3 is 3.17 bits per heavy atom. The summed E-state index contributed by atoms with van der Waals surface area (Å²) in [5.41, 5.74) is 3.65. The maximum atomic E-state index is 4.22. The van der Waals surface area contributed by atoms with Crippen molar-refractivity contribution in [2.75, 3.05) is 0 Å². The highest BCUT2D eigenvalue weighted by atomic mass is 14.8. The molecular weight excluding hydrogens is 146 g/mol. The fourth-order valence-electron chi connectivity index (χ4n) is 1.50. The largest absolute Gasteiger partial charge is 0.246 e. The average Bonchev–Trinajstić information content (AvgIpc) is 2.62. The van der Waals surface area contributed by atoms with Gasteiger partial charge in [0.05, 0.1) is 11.9 Å². The molecule has 1 aliphatic carbocycles. The van der Waals surface area contributed by atoms with E-state index < -0.39 is 0 Å². The van der Waals surface area contributed by atoms with Gasteiger partial charge >= 0.3 is 0 Å². The van der Waals surface area contributed by atoms with Gasteiger partial charge in [0.1, 0.15) is 0 Å². The summed E-state index contributed by atoms with van der Waals surface area (Å²) in [5, 5.41) is 0. The van der Waals surface area contributed by atoms with Crippen LogP contribution in [0.2, 0.25) is 0 Å². The molecule has 1 heteroatoms. The van der Waals surface area contributed by atoms with Gasteiger partial charge in [-0.2, -0.15) is 0 Å². The summed E-state index contributed by atoms with van der Waals surface area (Å²) in [6.45, 7) is 4.42. The Hall–Kier alpha value is -1.11. The molecule has 12 heavy (non-hydrogen) atoms. The molecule has 0 aromatic heterocycles. The Bertz CT molecular complexity index is 316. The molecule has 0 amide bonds. The number of allylic oxidation sites excluding steroid dienone is 4. The van der Waals surface area contributed by atoms with E-state index in [1.807, 2.05) is 6.08 Å². The van der Waals surface area contributed by atoms with Gasteiger partial charge in [-0.15, -0.1) is 0 Å². The number of rotatable bonds is 2. The second-order valence-electron chi connectivity index (χ2n) is 3.27. The van der Waals surface area contributed by atoms with E-state index in [1.54, 1.807) is 0 Å². The standard InChI is InChI=1S/C11H12N/c1-3-8(2)10-7-12-11-6-4-5-9(10)11/h4-6,8H,3H2,1-2H3. The average molecular weight is 158 g/mol. The number of aliphatic imine (C=N–C) groups is 1. The fraction of sp³-hybridized carbons (Fsp3) is 0.364. The summed E-state index contributed by atoms with van der Waals surface area (Å²) < 4.78 is 0. The lowest BCUT2D eigenvalue weighted by molar-refractivity contribution is 0.679. The highest BCUT2D eigenvalue weighted by molar-refractivity contribution is 5.89. The van der Waals surface area contributed by atoms with E-state index in [2.05, 4.69) is 37.2 Å². The molecule has 1 radical (unpaired) electrons. The van der Waals surface area contributed by atoms with Crippen molar-refractivity contribution in [3.63, 3.8) is 0 Å². The first-order valence-corrected chi connectivity index (χ1v) is 4.42. The first kappa shape index (κ1) is 7.53. The van der Waals surface area contributed by atoms with E-state index in [9.17, 15) is 0 Å². The molecule has 2 rings (SSSR count). The molecule has 0 spiro atoms. The van der Waals surface area contributed by atoms with E-state index in [0.29, 0.717) is 5.92 Å². The predicted octanol–water partition coefficient (Wildman–Crippen LogP) is 2.74. The molecular formula is C11H12N. The van der Waals surface area contributed by atoms with Crippen molar-refractivity contribution in [2.24, 2.45) is 10.9 Å². The number of nitrogens with zero attached hydrogens (tertiary/aromatic N) is 1. The van der Waals surface area contributed by atoms with Gasteiger partial charge in [-0.1, -0.05) is 26.0 Å². The Kier molecular flexibility index (Phi) is 1.72. The second-order valence-corrected chi connectivity index (χ2v) is 3.27. The van der Waals surface area contributed by atoms with Gasteiger partial charge in [-0.25, -0.2) is 4.99 Å². The molecule has 0 saturated heterocycles. The Morgan fingerprint density at radius 2 is 2.42 bits per heavy atom. The van der Waals surface area contributed by atoms with Crippen LogP contribution in [0.15, 0.2) is 40.1 Å². The summed E-state index contributed by atoms with van der Waals surface area (Å²) in [6.07, 6.45) is 10.5. The summed E-state index contributed by atoms with van der Waals surface area (Å²) >= 11 is 0. The molecule has 1 aliphatic heterocycles. The van der Waals surface area contributed by atoms with Gasteiger partial charge in [0, 0.05) is 5.57 Å². The van der Waals surface area contributed by atoms with Gasteiger partial charge in [0.15, 0.2) is 0 Å². The highest BCUT2D eigenvalue weighted by Crippen LogP contribution is 2.31. The number of fused-ring (bicyclic) bond motifs is 1. The van der Waals surface area contributed by atoms with Crippen LogP contribution >= 0.6 is 0 Å². The van der Waals surface area contributed by atoms with Crippen LogP contribution in [0.4, 0.5) is 0 Å². The zero-order chi connectivity index (χ0) is 8.55. The lowest BCUT2D eigenvalue weighted by Gasteiger charge is -2.07. The van der Waals surface area contributed by atoms with Gasteiger partial charge in [0.25, 0.3) is 0 Å². The lowest BCUT2D eigenvalue weighted by Crippen LogP contribution is -1.98. The molecule has 0 fully saturated rings. The van der Waals surface area contributed by atoms with Crippen LogP contribution in [0.25, 0.3) is 0 Å². The second kappa shape index (κ2) is 2.74. The van der Waals surface area contributed by atoms with Gasteiger partial charge in [-0.05, 0) is 24.0 Å². The van der Waals surface area contributed by atoms with Crippen molar-refractivity contribution in [1.82, 2.24) is 0 Å². The molecule has 0 aromatic rings. The predicted molar refractivity (Wildman–Crippen MR) is 51.1 cm³/mol. The molecule has 1 nitrogen and oxygen atoms in total. The van der Waals surface area contributed by atoms with Crippen LogP contribution in [0.1, 0.15) is 20.3 Å². The summed E-state index contributed by atoms with van der Waals surface area (Å²) in [4.78, 5) is 4.22. The Labute approximate surface area is 73.2 Å². The quantitative estimate of drug-likeness (QED) is 0.586. The zero-order valence-corrected chi connectivity index (χ0v) is 7.46. The maximum absolute atomic E-state index is 4.22. The fourth-order valence-corrected chi connectivity index (χ4v) is 1.50. The monoisotopic (exact) mass is 158 g/mol. The molecule has 2 aliphatic rings. The topological polar surface area (TPSA) is 12.4 Å². The third kappa shape index (κ3) is 0.970. The van der Waals surface area contributed by atoms with Gasteiger partial charge in [-0.3, -0.25) is 0 Å². The molecule has 1 heterocycles. The van der Waals surface area contributed by atoms with Crippen LogP contribution in [-0.4, -0.2) is 6.21 Å². The minimum Gasteiger partial charge on any atom is -0.246 e. The van der Waals surface area contributed by atoms with E-state index >= 15 is 0 Å². The van der Waals surface area contributed by atoms with Crippen LogP contribution < -0.4 is 0 Å². The SMILES string of the molecule is CCC(C)C1=C2C=CC=C2N=[C]1. The van der Waals surface area contributed by atoms with Crippen molar-refractivity contribution >= 4 is 6.21 Å². The third-order valence-electron chi connectivity index (χ3n) is 2.49. The van der Waals surface area contributed by atoms with E-state index in [-0.39, 0.29) is 0 Å². The number of hydrogen-bond acceptors (Lipinski definition) is 1. The van der Waals surface area contributed by atoms with Crippen molar-refractivity contribution in [3.05, 3.63) is 35.1 Å². The maximum Gasteiger partial charge on any atom is 0.0938 e. The highest BCUT2D eigenvalue weighted by Gasteiger charge is 2.19. The zero-order valence-electron chi connectivity index (χ0n) is 7.46. The van der Waals surface area contributed by atoms with Crippen molar-refractivity contribution in [2.45, 2.75) is 20.3 Å². The summed E-state index contributed by atoms with van der Waals surface area (Å²) in [7, 11) is 0. The molecule has 0 N–H and O–H groups in total. The van der Waals surface area contributed by atoms with Crippen LogP contribution in [0, 0.1) is 5.92 Å². The minimum absolute atomic E-state index is 0.581. The summed E-state index contributed by atoms with van der Waals surface area (Å²) in [5.74, 6) is 0.581. The summed E-state index contributed by atoms with van der Waals surface area (Å²) in [6, 6.07) is 0. The molecule has 1 unspecified atom stereocenters. The molecule has 0 aromatic carbocycles. The molecule has 0 bridgehead atoms. The minimum atomic E-state index is 0.581. The van der Waals surface area contributed by atoms with Crippen molar-refractivity contribution in [3.8, 4) is 0 Å². The number of hydrogen-bond donors (Lipinski definition) is 0. The van der Waals surface area contributed by atoms with Crippen molar-refractivity contribution < 1.29 is 0 Å². The lowest BCUT2D eigenvalue weighted by atomic mass is 9.96. The normalized spacial score (nSPS) is 21.7. The van der Waals surface area contributed by atoms with Gasteiger partial charge in [0.2, 0.25) is 0 Å². The molecule has 61 valence electrons. The van der Waals surface area contributed by atoms with Crippen LogP contribution in [0.3, 0.4) is 0 Å². The molecule has 0 saturated carbocycles. The van der Waals surface area contributed by atoms with Crippen LogP contribution in [-0.2, 0) is 0 Å². The molecule has 1 atom stereocenters. The van der Waals surface area contributed by atoms with E-state index in [4.69, 9.17) is 0 Å². The first-order valence-electron chi connectivity index (χ1n) is 4.42. The van der Waals surface area contributed by atoms with Crippen LogP contribution in [0.5, 0.6) is 0 Å². The van der Waals surface area contributed by atoms with Gasteiger partial charge < -0.3 is 0 Å². The van der Waals surface area contributed by atoms with E-state index in [1.165, 1.54) is 11.1 Å². The Balaban J connectivity index is 2.37. The Morgan fingerprint density at radius 1 is 1.58 bits per heavy atom. The van der Waals surface area contributed by atoms with Crippen molar-refractivity contribution in [1.29, 1.82) is 0 Å². The third-order valence-corrected chi connectivity index (χ3v) is 2.49. The smallest absolute Gasteiger partial charge is 0.0938 e. The first-order chi connectivity index (χ1) is 5.83.